The number of phenolic OH excluding ortho intramolecular Hbond substituents is 2. The number of ether oxygens (including phenoxy) is 3. The molecule has 0 saturated carbocycles. The highest BCUT2D eigenvalue weighted by Gasteiger charge is 2.60. The smallest absolute Gasteiger partial charge is 0.309 e. The van der Waals surface area contributed by atoms with Crippen LogP contribution in [0.3, 0.4) is 0 Å². The van der Waals surface area contributed by atoms with Gasteiger partial charge in [-0.05, 0) is 13.8 Å². The molecule has 168 valence electrons. The summed E-state index contributed by atoms with van der Waals surface area (Å²) in [6.45, 7) is 3.06. The Kier molecular flexibility index (Phi) is 3.70. The van der Waals surface area contributed by atoms with Gasteiger partial charge in [0.2, 0.25) is 0 Å². The summed E-state index contributed by atoms with van der Waals surface area (Å²) in [5.41, 5.74) is -3.36. The molecule has 0 aromatic heterocycles. The zero-order chi connectivity index (χ0) is 22.9. The summed E-state index contributed by atoms with van der Waals surface area (Å²) >= 11 is 0. The van der Waals surface area contributed by atoms with Crippen molar-refractivity contribution < 1.29 is 49.0 Å². The summed E-state index contributed by atoms with van der Waals surface area (Å²) < 4.78 is 16.7. The van der Waals surface area contributed by atoms with Crippen LogP contribution in [0.25, 0.3) is 0 Å². The maximum atomic E-state index is 13.6. The standard InChI is InChI=1S/C22H20O10/c1-5-11-15(21-8(30-5)4-10(24)32-21)19(27)13-14(17(11)25)20(28)16-12(18(13)26)7-3-9(23)22(16,29)6(2)31-7/h5-9,21,23,26,28-29H,3-4H2,1-2H3/t5-,6+,7+,8-,9+,21+,22+/m0/s1. The normalized spacial score (nSPS) is 39.4. The molecule has 2 fully saturated rings. The van der Waals surface area contributed by atoms with Crippen molar-refractivity contribution in [3.8, 4) is 11.5 Å². The number of aromatic hydroxyl groups is 2. The van der Waals surface area contributed by atoms with Crippen LogP contribution < -0.4 is 0 Å². The zero-order valence-corrected chi connectivity index (χ0v) is 17.1. The Balaban J connectivity index is 1.64. The number of hydrogen-bond donors (Lipinski definition) is 4. The van der Waals surface area contributed by atoms with Gasteiger partial charge in [-0.2, -0.15) is 0 Å². The minimum Gasteiger partial charge on any atom is -0.507 e. The molecule has 0 amide bonds. The predicted octanol–water partition coefficient (Wildman–Crippen LogP) is 0.288. The van der Waals surface area contributed by atoms with Gasteiger partial charge in [0, 0.05) is 23.1 Å². The third-order valence-corrected chi connectivity index (χ3v) is 7.41. The van der Waals surface area contributed by atoms with E-state index < -0.39 is 82.4 Å². The second-order valence-corrected chi connectivity index (χ2v) is 9.00. The molecular formula is C22H20O10. The van der Waals surface area contributed by atoms with Crippen molar-refractivity contribution in [2.45, 2.75) is 68.9 Å². The first kappa shape index (κ1) is 19.9. The van der Waals surface area contributed by atoms with Crippen LogP contribution in [0.2, 0.25) is 0 Å². The van der Waals surface area contributed by atoms with Crippen molar-refractivity contribution in [1.82, 2.24) is 0 Å². The lowest BCUT2D eigenvalue weighted by molar-refractivity contribution is -0.246. The first-order chi connectivity index (χ1) is 15.1. The SMILES string of the molecule is C[C@@H]1O[C@H]2CC(=O)O[C@H]2C2=C1C(=O)c1c(O)c3c(c(O)c1C2=O)[C@H]1C[C@@H](O)[C@]3(O)[C@@H](C)O1. The monoisotopic (exact) mass is 444 g/mol. The summed E-state index contributed by atoms with van der Waals surface area (Å²) in [5, 5.41) is 44.1. The summed E-state index contributed by atoms with van der Waals surface area (Å²) in [7, 11) is 0. The molecule has 10 heteroatoms. The number of esters is 1. The predicted molar refractivity (Wildman–Crippen MR) is 102 cm³/mol. The van der Waals surface area contributed by atoms with E-state index in [1.807, 2.05) is 0 Å². The van der Waals surface area contributed by atoms with Crippen molar-refractivity contribution in [3.63, 3.8) is 0 Å². The van der Waals surface area contributed by atoms with Crippen LogP contribution in [0.5, 0.6) is 11.5 Å². The quantitative estimate of drug-likeness (QED) is 0.323. The van der Waals surface area contributed by atoms with Gasteiger partial charge in [0.25, 0.3) is 0 Å². The summed E-state index contributed by atoms with van der Waals surface area (Å²) in [6.07, 6.45) is -5.98. The van der Waals surface area contributed by atoms with E-state index in [0.717, 1.165) is 0 Å². The number of aliphatic hydroxyl groups is 2. The van der Waals surface area contributed by atoms with E-state index in [1.54, 1.807) is 6.92 Å². The van der Waals surface area contributed by atoms with Crippen LogP contribution in [-0.2, 0) is 24.6 Å². The number of carbonyl (C=O) groups is 3. The van der Waals surface area contributed by atoms with Gasteiger partial charge >= 0.3 is 5.97 Å². The summed E-state index contributed by atoms with van der Waals surface area (Å²) in [5.74, 6) is -3.38. The lowest BCUT2D eigenvalue weighted by Crippen LogP contribution is -2.58. The molecule has 6 aliphatic rings. The van der Waals surface area contributed by atoms with E-state index in [-0.39, 0.29) is 35.1 Å². The highest BCUT2D eigenvalue weighted by Crippen LogP contribution is 2.59. The van der Waals surface area contributed by atoms with E-state index in [1.165, 1.54) is 6.92 Å². The molecule has 1 aromatic rings. The van der Waals surface area contributed by atoms with Gasteiger partial charge in [0.15, 0.2) is 17.7 Å². The maximum absolute atomic E-state index is 13.6. The molecule has 4 N–H and O–H groups in total. The van der Waals surface area contributed by atoms with Crippen LogP contribution in [0, 0.1) is 0 Å². The number of benzene rings is 1. The molecule has 1 aromatic carbocycles. The molecule has 0 spiro atoms. The van der Waals surface area contributed by atoms with Crippen LogP contribution in [-0.4, -0.2) is 68.5 Å². The third kappa shape index (κ3) is 2.06. The molecule has 4 aliphatic heterocycles. The van der Waals surface area contributed by atoms with E-state index in [4.69, 9.17) is 14.2 Å². The highest BCUT2D eigenvalue weighted by atomic mass is 16.6. The molecule has 10 nitrogen and oxygen atoms in total. The number of Topliss-reactive ketones (excluding diaryl/α,β-unsaturated/α-hetero) is 2. The van der Waals surface area contributed by atoms with E-state index in [0.29, 0.717) is 0 Å². The molecule has 0 radical (unpaired) electrons. The van der Waals surface area contributed by atoms with Crippen LogP contribution in [0.1, 0.15) is 64.6 Å². The maximum Gasteiger partial charge on any atom is 0.309 e. The Morgan fingerprint density at radius 3 is 2.31 bits per heavy atom. The second-order valence-electron chi connectivity index (χ2n) is 9.00. The minimum atomic E-state index is -2.08. The lowest BCUT2D eigenvalue weighted by atomic mass is 9.66. The Hall–Kier alpha value is -2.79. The Morgan fingerprint density at radius 1 is 0.969 bits per heavy atom. The molecule has 7 rings (SSSR count). The third-order valence-electron chi connectivity index (χ3n) is 7.41. The number of hydrogen-bond acceptors (Lipinski definition) is 10. The van der Waals surface area contributed by atoms with E-state index in [9.17, 15) is 34.8 Å². The first-order valence-corrected chi connectivity index (χ1v) is 10.4. The molecule has 2 bridgehead atoms. The molecular weight excluding hydrogens is 424 g/mol. The summed E-state index contributed by atoms with van der Waals surface area (Å²) in [4.78, 5) is 39.0. The molecule has 2 aliphatic carbocycles. The Labute approximate surface area is 181 Å². The minimum absolute atomic E-state index is 0.0302. The van der Waals surface area contributed by atoms with E-state index in [2.05, 4.69) is 0 Å². The van der Waals surface area contributed by atoms with Crippen LogP contribution in [0.15, 0.2) is 11.1 Å². The molecule has 7 atom stereocenters. The van der Waals surface area contributed by atoms with Gasteiger partial charge < -0.3 is 34.6 Å². The van der Waals surface area contributed by atoms with Crippen molar-refractivity contribution >= 4 is 17.5 Å². The van der Waals surface area contributed by atoms with Gasteiger partial charge in [-0.1, -0.05) is 0 Å². The number of rotatable bonds is 0. The number of fused-ring (bicyclic) bond motifs is 5. The largest absolute Gasteiger partial charge is 0.507 e. The fourth-order valence-corrected chi connectivity index (χ4v) is 5.95. The van der Waals surface area contributed by atoms with Crippen molar-refractivity contribution in [1.29, 1.82) is 0 Å². The van der Waals surface area contributed by atoms with Crippen molar-refractivity contribution in [3.05, 3.63) is 33.4 Å². The van der Waals surface area contributed by atoms with Gasteiger partial charge in [-0.15, -0.1) is 0 Å². The van der Waals surface area contributed by atoms with Crippen molar-refractivity contribution in [2.24, 2.45) is 0 Å². The first-order valence-electron chi connectivity index (χ1n) is 10.4. The fourth-order valence-electron chi connectivity index (χ4n) is 5.95. The average molecular weight is 444 g/mol. The molecule has 2 saturated heterocycles. The molecule has 4 heterocycles. The Bertz CT molecular complexity index is 1170. The summed E-state index contributed by atoms with van der Waals surface area (Å²) in [6, 6.07) is 0. The number of carbonyl (C=O) groups excluding carboxylic acids is 3. The fraction of sp³-hybridized carbons (Fsp3) is 0.500. The average Bonchev–Trinajstić information content (AvgIpc) is 3.09. The zero-order valence-electron chi connectivity index (χ0n) is 17.1. The lowest BCUT2D eigenvalue weighted by Gasteiger charge is -2.52. The van der Waals surface area contributed by atoms with Crippen molar-refractivity contribution in [2.75, 3.05) is 0 Å². The van der Waals surface area contributed by atoms with Gasteiger partial charge in [0.05, 0.1) is 47.5 Å². The second kappa shape index (κ2) is 5.96. The van der Waals surface area contributed by atoms with Crippen LogP contribution in [0.4, 0.5) is 0 Å². The molecule has 32 heavy (non-hydrogen) atoms. The Morgan fingerprint density at radius 2 is 1.62 bits per heavy atom. The highest BCUT2D eigenvalue weighted by molar-refractivity contribution is 6.30. The number of aliphatic hydroxyl groups excluding tert-OH is 1. The number of ketones is 2. The van der Waals surface area contributed by atoms with Gasteiger partial charge in [0.1, 0.15) is 23.2 Å². The van der Waals surface area contributed by atoms with Gasteiger partial charge in [-0.25, -0.2) is 0 Å². The van der Waals surface area contributed by atoms with E-state index >= 15 is 0 Å². The topological polar surface area (TPSA) is 160 Å². The number of phenols is 2. The molecule has 0 unspecified atom stereocenters. The van der Waals surface area contributed by atoms with Crippen LogP contribution >= 0.6 is 0 Å². The van der Waals surface area contributed by atoms with Gasteiger partial charge in [-0.3, -0.25) is 14.4 Å².